The van der Waals surface area contributed by atoms with E-state index < -0.39 is 5.97 Å². The molecule has 0 radical (unpaired) electrons. The van der Waals surface area contributed by atoms with E-state index >= 15 is 0 Å². The van der Waals surface area contributed by atoms with Crippen molar-refractivity contribution in [3.63, 3.8) is 0 Å². The molecule has 2 nitrogen and oxygen atoms in total. The number of carbonyl (C=O) groups is 1. The van der Waals surface area contributed by atoms with Crippen LogP contribution in [-0.2, 0) is 4.79 Å². The Morgan fingerprint density at radius 1 is 1.00 bits per heavy atom. The van der Waals surface area contributed by atoms with E-state index in [1.165, 1.54) is 18.2 Å². The first kappa shape index (κ1) is 14.9. The molecule has 0 N–H and O–H groups in total. The minimum Gasteiger partial charge on any atom is -0.422 e. The number of hydrogen-bond acceptors (Lipinski definition) is 2. The zero-order chi connectivity index (χ0) is 14.5. The summed E-state index contributed by atoms with van der Waals surface area (Å²) < 4.78 is 5.10. The normalized spacial score (nSPS) is 10.8. The predicted octanol–water partition coefficient (Wildman–Crippen LogP) is 5.27. The van der Waals surface area contributed by atoms with Gasteiger partial charge in [0.2, 0.25) is 0 Å². The highest BCUT2D eigenvalue weighted by atomic mass is 35.5. The summed E-state index contributed by atoms with van der Waals surface area (Å²) in [7, 11) is 0. The van der Waals surface area contributed by atoms with E-state index in [0.717, 1.165) is 5.56 Å². The lowest BCUT2D eigenvalue weighted by atomic mass is 10.2. The average molecular weight is 328 g/mol. The topological polar surface area (TPSA) is 26.3 Å². The summed E-state index contributed by atoms with van der Waals surface area (Å²) in [4.78, 5) is 11.7. The predicted molar refractivity (Wildman–Crippen MR) is 82.6 cm³/mol. The van der Waals surface area contributed by atoms with Gasteiger partial charge in [0.15, 0.2) is 0 Å². The molecule has 0 bridgehead atoms. The van der Waals surface area contributed by atoms with Crippen molar-refractivity contribution in [3.05, 3.63) is 69.2 Å². The van der Waals surface area contributed by atoms with E-state index in [0.29, 0.717) is 10.0 Å². The molecule has 2 aromatic carbocycles. The molecule has 20 heavy (non-hydrogen) atoms. The first-order valence-electron chi connectivity index (χ1n) is 5.66. The lowest BCUT2D eigenvalue weighted by Crippen LogP contribution is -2.04. The first-order chi connectivity index (χ1) is 9.56. The maximum Gasteiger partial charge on any atom is 0.336 e. The van der Waals surface area contributed by atoms with E-state index in [2.05, 4.69) is 0 Å². The summed E-state index contributed by atoms with van der Waals surface area (Å²) in [6, 6.07) is 11.8. The van der Waals surface area contributed by atoms with Gasteiger partial charge in [-0.25, -0.2) is 4.79 Å². The van der Waals surface area contributed by atoms with Gasteiger partial charge >= 0.3 is 5.97 Å². The Morgan fingerprint density at radius 2 is 1.75 bits per heavy atom. The highest BCUT2D eigenvalue weighted by molar-refractivity contribution is 6.35. The largest absolute Gasteiger partial charge is 0.422 e. The summed E-state index contributed by atoms with van der Waals surface area (Å²) in [5, 5.41) is 1.31. The van der Waals surface area contributed by atoms with E-state index in [4.69, 9.17) is 39.5 Å². The molecule has 2 rings (SSSR count). The summed E-state index contributed by atoms with van der Waals surface area (Å²) in [5.74, 6) is -0.293. The molecule has 0 amide bonds. The average Bonchev–Trinajstić information content (AvgIpc) is 2.41. The maximum absolute atomic E-state index is 11.7. The monoisotopic (exact) mass is 326 g/mol. The maximum atomic E-state index is 11.7. The van der Waals surface area contributed by atoms with Crippen LogP contribution in [0.1, 0.15) is 5.56 Å². The highest BCUT2D eigenvalue weighted by Crippen LogP contribution is 2.27. The Morgan fingerprint density at radius 3 is 2.45 bits per heavy atom. The number of benzene rings is 2. The number of esters is 1. The van der Waals surface area contributed by atoms with Crippen LogP contribution in [0.15, 0.2) is 48.5 Å². The Balaban J connectivity index is 2.08. The molecule has 0 atom stereocenters. The van der Waals surface area contributed by atoms with Gasteiger partial charge in [-0.3, -0.25) is 0 Å². The van der Waals surface area contributed by atoms with E-state index in [-0.39, 0.29) is 10.8 Å². The lowest BCUT2D eigenvalue weighted by Gasteiger charge is -2.04. The standard InChI is InChI=1S/C15H9Cl3O2/c16-11-6-7-14(13(18)9-11)20-15(19)8-5-10-3-1-2-4-12(10)17/h1-9H/b8-5+. The molecule has 102 valence electrons. The van der Waals surface area contributed by atoms with Gasteiger partial charge in [-0.1, -0.05) is 53.0 Å². The van der Waals surface area contributed by atoms with Crippen LogP contribution in [0.5, 0.6) is 5.75 Å². The second kappa shape index (κ2) is 6.80. The SMILES string of the molecule is O=C(/C=C/c1ccccc1Cl)Oc1ccc(Cl)cc1Cl. The Hall–Kier alpha value is -1.48. The van der Waals surface area contributed by atoms with Crippen LogP contribution in [-0.4, -0.2) is 5.97 Å². The molecule has 0 heterocycles. The van der Waals surface area contributed by atoms with Gasteiger partial charge in [0.1, 0.15) is 5.75 Å². The van der Waals surface area contributed by atoms with E-state index in [1.54, 1.807) is 24.3 Å². The van der Waals surface area contributed by atoms with E-state index in [1.807, 2.05) is 12.1 Å². The van der Waals surface area contributed by atoms with Gasteiger partial charge in [-0.15, -0.1) is 0 Å². The molecule has 0 aromatic heterocycles. The zero-order valence-electron chi connectivity index (χ0n) is 10.1. The Labute approximate surface area is 131 Å². The van der Waals surface area contributed by atoms with Gasteiger partial charge in [0, 0.05) is 16.1 Å². The molecule has 0 aliphatic heterocycles. The van der Waals surface area contributed by atoms with E-state index in [9.17, 15) is 4.79 Å². The van der Waals surface area contributed by atoms with Gasteiger partial charge in [-0.05, 0) is 35.9 Å². The van der Waals surface area contributed by atoms with Crippen molar-refractivity contribution in [2.45, 2.75) is 0 Å². The van der Waals surface area contributed by atoms with Crippen molar-refractivity contribution in [1.29, 1.82) is 0 Å². The third-order valence-electron chi connectivity index (χ3n) is 2.41. The third kappa shape index (κ3) is 4.01. The molecule has 0 aliphatic carbocycles. The molecule has 0 unspecified atom stereocenters. The number of rotatable bonds is 3. The van der Waals surface area contributed by atoms with Crippen LogP contribution in [0, 0.1) is 0 Å². The summed E-state index contributed by atoms with van der Waals surface area (Å²) in [5.41, 5.74) is 0.730. The van der Waals surface area contributed by atoms with Crippen molar-refractivity contribution in [2.75, 3.05) is 0 Å². The molecular formula is C15H9Cl3O2. The summed E-state index contributed by atoms with van der Waals surface area (Å²) in [6.07, 6.45) is 2.86. The fraction of sp³-hybridized carbons (Fsp3) is 0. The van der Waals surface area contributed by atoms with Crippen molar-refractivity contribution in [1.82, 2.24) is 0 Å². The Kier molecular flexibility index (Phi) is 5.07. The highest BCUT2D eigenvalue weighted by Gasteiger charge is 2.06. The smallest absolute Gasteiger partial charge is 0.336 e. The molecule has 0 fully saturated rings. The fourth-order valence-electron chi connectivity index (χ4n) is 1.47. The quantitative estimate of drug-likeness (QED) is 0.436. The number of hydrogen-bond donors (Lipinski definition) is 0. The van der Waals surface area contributed by atoms with Gasteiger partial charge in [-0.2, -0.15) is 0 Å². The summed E-state index contributed by atoms with van der Waals surface area (Å²) >= 11 is 17.6. The summed E-state index contributed by atoms with van der Waals surface area (Å²) in [6.45, 7) is 0. The van der Waals surface area contributed by atoms with Crippen molar-refractivity contribution < 1.29 is 9.53 Å². The Bertz CT molecular complexity index is 666. The molecule has 5 heteroatoms. The minimum absolute atomic E-state index is 0.255. The van der Waals surface area contributed by atoms with Crippen LogP contribution >= 0.6 is 34.8 Å². The van der Waals surface area contributed by atoms with Crippen molar-refractivity contribution in [2.24, 2.45) is 0 Å². The van der Waals surface area contributed by atoms with Crippen molar-refractivity contribution in [3.8, 4) is 5.75 Å². The molecule has 0 aliphatic rings. The molecule has 2 aromatic rings. The molecule has 0 spiro atoms. The second-order valence-electron chi connectivity index (χ2n) is 3.85. The number of halogens is 3. The zero-order valence-corrected chi connectivity index (χ0v) is 12.4. The first-order valence-corrected chi connectivity index (χ1v) is 6.79. The fourth-order valence-corrected chi connectivity index (χ4v) is 2.11. The minimum atomic E-state index is -0.547. The van der Waals surface area contributed by atoms with Gasteiger partial charge < -0.3 is 4.74 Å². The molecular weight excluding hydrogens is 319 g/mol. The van der Waals surface area contributed by atoms with Crippen molar-refractivity contribution >= 4 is 46.8 Å². The number of ether oxygens (including phenoxy) is 1. The van der Waals surface area contributed by atoms with Crippen LogP contribution in [0.25, 0.3) is 6.08 Å². The van der Waals surface area contributed by atoms with Crippen LogP contribution < -0.4 is 4.74 Å². The second-order valence-corrected chi connectivity index (χ2v) is 5.10. The van der Waals surface area contributed by atoms with Crippen LogP contribution in [0.4, 0.5) is 0 Å². The molecule has 0 saturated heterocycles. The van der Waals surface area contributed by atoms with Gasteiger partial charge in [0.05, 0.1) is 5.02 Å². The van der Waals surface area contributed by atoms with Crippen LogP contribution in [0.2, 0.25) is 15.1 Å². The van der Waals surface area contributed by atoms with Crippen LogP contribution in [0.3, 0.4) is 0 Å². The third-order valence-corrected chi connectivity index (χ3v) is 3.28. The lowest BCUT2D eigenvalue weighted by molar-refractivity contribution is -0.128. The number of carbonyl (C=O) groups excluding carboxylic acids is 1. The molecule has 0 saturated carbocycles. The van der Waals surface area contributed by atoms with Gasteiger partial charge in [0.25, 0.3) is 0 Å².